The molecule has 96 valence electrons. The largest absolute Gasteiger partial charge is 0.497 e. The minimum Gasteiger partial charge on any atom is -0.497 e. The fraction of sp³-hybridized carbons (Fsp3) is 0.182. The number of hydrogen-bond acceptors (Lipinski definition) is 4. The first kappa shape index (κ1) is 12.7. The van der Waals surface area contributed by atoms with E-state index in [0.717, 1.165) is 12.1 Å². The summed E-state index contributed by atoms with van der Waals surface area (Å²) in [7, 11) is 1.31. The minimum atomic E-state index is -4.43. The zero-order chi connectivity index (χ0) is 13.3. The molecule has 0 saturated heterocycles. The molecule has 2 N–H and O–H groups in total. The van der Waals surface area contributed by atoms with E-state index in [4.69, 9.17) is 10.5 Å². The number of alkyl halides is 3. The van der Waals surface area contributed by atoms with Crippen molar-refractivity contribution in [3.05, 3.63) is 29.1 Å². The molecule has 1 aromatic heterocycles. The highest BCUT2D eigenvalue weighted by Crippen LogP contribution is 2.35. The van der Waals surface area contributed by atoms with Gasteiger partial charge in [-0.1, -0.05) is 0 Å². The van der Waals surface area contributed by atoms with Crippen molar-refractivity contribution in [3.8, 4) is 17.0 Å². The number of hydrogen-bond donors (Lipinski definition) is 1. The number of ether oxygens (including phenoxy) is 1. The fourth-order valence-electron chi connectivity index (χ4n) is 1.45. The fourth-order valence-corrected chi connectivity index (χ4v) is 2.02. The van der Waals surface area contributed by atoms with Gasteiger partial charge in [-0.25, -0.2) is 4.98 Å². The Hall–Kier alpha value is -1.76. The Kier molecular flexibility index (Phi) is 3.16. The van der Waals surface area contributed by atoms with Crippen LogP contribution in [0.1, 0.15) is 5.56 Å². The van der Waals surface area contributed by atoms with Crippen LogP contribution in [0.25, 0.3) is 11.3 Å². The highest BCUT2D eigenvalue weighted by molar-refractivity contribution is 7.13. The molecule has 1 heterocycles. The lowest BCUT2D eigenvalue weighted by molar-refractivity contribution is -0.137. The van der Waals surface area contributed by atoms with Crippen molar-refractivity contribution in [1.82, 2.24) is 4.98 Å². The molecule has 0 radical (unpaired) electrons. The molecular formula is C11H9F3N2OS. The zero-order valence-corrected chi connectivity index (χ0v) is 10.1. The van der Waals surface area contributed by atoms with Crippen LogP contribution in [-0.2, 0) is 6.18 Å². The number of methoxy groups -OCH3 is 1. The summed E-state index contributed by atoms with van der Waals surface area (Å²) in [6, 6.07) is 3.46. The number of halogens is 3. The van der Waals surface area contributed by atoms with Crippen molar-refractivity contribution in [2.75, 3.05) is 12.8 Å². The standard InChI is InChI=1S/C11H9F3N2OS/c1-17-8-3-6(9-5-18-10(15)16-9)2-7(4-8)11(12,13)14/h2-5H,1H3,(H2,15,16). The smallest absolute Gasteiger partial charge is 0.416 e. The molecule has 2 aromatic rings. The van der Waals surface area contributed by atoms with E-state index in [1.165, 1.54) is 24.5 Å². The third-order valence-electron chi connectivity index (χ3n) is 2.29. The van der Waals surface area contributed by atoms with E-state index in [9.17, 15) is 13.2 Å². The summed E-state index contributed by atoms with van der Waals surface area (Å²) in [4.78, 5) is 3.95. The molecule has 2 rings (SSSR count). The molecular weight excluding hydrogens is 265 g/mol. The highest BCUT2D eigenvalue weighted by Gasteiger charge is 2.31. The van der Waals surface area contributed by atoms with E-state index in [1.54, 1.807) is 5.38 Å². The zero-order valence-electron chi connectivity index (χ0n) is 9.28. The third-order valence-corrected chi connectivity index (χ3v) is 2.96. The molecule has 0 aliphatic carbocycles. The number of thiazole rings is 1. The van der Waals surface area contributed by atoms with E-state index in [1.807, 2.05) is 0 Å². The van der Waals surface area contributed by atoms with Crippen LogP contribution in [0.5, 0.6) is 5.75 Å². The second kappa shape index (κ2) is 4.49. The van der Waals surface area contributed by atoms with Crippen LogP contribution < -0.4 is 10.5 Å². The predicted octanol–water partition coefficient (Wildman–Crippen LogP) is 3.42. The first-order valence-corrected chi connectivity index (χ1v) is 5.76. The number of aromatic nitrogens is 1. The molecule has 0 aliphatic heterocycles. The number of nitrogens with zero attached hydrogens (tertiary/aromatic N) is 1. The molecule has 0 aliphatic rings. The van der Waals surface area contributed by atoms with Gasteiger partial charge >= 0.3 is 6.18 Å². The Labute approximate surface area is 105 Å². The van der Waals surface area contributed by atoms with Crippen molar-refractivity contribution in [2.45, 2.75) is 6.18 Å². The monoisotopic (exact) mass is 274 g/mol. The third kappa shape index (κ3) is 2.56. The van der Waals surface area contributed by atoms with Crippen LogP contribution in [-0.4, -0.2) is 12.1 Å². The van der Waals surface area contributed by atoms with Crippen LogP contribution in [0.3, 0.4) is 0 Å². The molecule has 1 aromatic carbocycles. The van der Waals surface area contributed by atoms with Crippen molar-refractivity contribution in [1.29, 1.82) is 0 Å². The molecule has 0 unspecified atom stereocenters. The summed E-state index contributed by atoms with van der Waals surface area (Å²) < 4.78 is 43.0. The van der Waals surface area contributed by atoms with Gasteiger partial charge in [0.1, 0.15) is 5.75 Å². The number of rotatable bonds is 2. The van der Waals surface area contributed by atoms with E-state index < -0.39 is 11.7 Å². The maximum Gasteiger partial charge on any atom is 0.416 e. The van der Waals surface area contributed by atoms with Gasteiger partial charge in [0.15, 0.2) is 5.13 Å². The first-order valence-electron chi connectivity index (χ1n) is 4.88. The van der Waals surface area contributed by atoms with Gasteiger partial charge in [0.2, 0.25) is 0 Å². The average molecular weight is 274 g/mol. The quantitative estimate of drug-likeness (QED) is 0.912. The summed E-state index contributed by atoms with van der Waals surface area (Å²) in [5, 5.41) is 1.91. The van der Waals surface area contributed by atoms with Gasteiger partial charge in [-0.3, -0.25) is 0 Å². The van der Waals surface area contributed by atoms with Gasteiger partial charge < -0.3 is 10.5 Å². The normalized spacial score (nSPS) is 11.6. The van der Waals surface area contributed by atoms with E-state index in [0.29, 0.717) is 16.4 Å². The van der Waals surface area contributed by atoms with Crippen molar-refractivity contribution in [3.63, 3.8) is 0 Å². The number of benzene rings is 1. The molecule has 0 spiro atoms. The Balaban J connectivity index is 2.54. The maximum absolute atomic E-state index is 12.7. The maximum atomic E-state index is 12.7. The van der Waals surface area contributed by atoms with Crippen molar-refractivity contribution >= 4 is 16.5 Å². The van der Waals surface area contributed by atoms with Gasteiger partial charge in [0, 0.05) is 10.9 Å². The molecule has 0 fully saturated rings. The topological polar surface area (TPSA) is 48.1 Å². The van der Waals surface area contributed by atoms with Crippen LogP contribution in [0, 0.1) is 0 Å². The Morgan fingerprint density at radius 2 is 2.00 bits per heavy atom. The SMILES string of the molecule is COc1cc(-c2csc(N)n2)cc(C(F)(F)F)c1. The minimum absolute atomic E-state index is 0.131. The van der Waals surface area contributed by atoms with Crippen LogP contribution in [0.2, 0.25) is 0 Å². The molecule has 3 nitrogen and oxygen atoms in total. The average Bonchev–Trinajstić information content (AvgIpc) is 2.74. The molecule has 0 amide bonds. The summed E-state index contributed by atoms with van der Waals surface area (Å²) in [6.07, 6.45) is -4.43. The highest BCUT2D eigenvalue weighted by atomic mass is 32.1. The molecule has 0 atom stereocenters. The summed E-state index contributed by atoms with van der Waals surface area (Å²) in [5.41, 5.74) is 5.42. The number of anilines is 1. The first-order chi connectivity index (χ1) is 8.40. The Bertz CT molecular complexity index is 566. The van der Waals surface area contributed by atoms with Gasteiger partial charge in [0.25, 0.3) is 0 Å². The van der Waals surface area contributed by atoms with E-state index in [2.05, 4.69) is 4.98 Å². The summed E-state index contributed by atoms with van der Waals surface area (Å²) in [6.45, 7) is 0. The molecule has 0 saturated carbocycles. The lowest BCUT2D eigenvalue weighted by Gasteiger charge is -2.10. The van der Waals surface area contributed by atoms with Crippen molar-refractivity contribution in [2.24, 2.45) is 0 Å². The number of nitrogens with two attached hydrogens (primary N) is 1. The Morgan fingerprint density at radius 3 is 2.50 bits per heavy atom. The lowest BCUT2D eigenvalue weighted by atomic mass is 10.1. The predicted molar refractivity (Wildman–Crippen MR) is 63.5 cm³/mol. The van der Waals surface area contributed by atoms with E-state index >= 15 is 0 Å². The van der Waals surface area contributed by atoms with Crippen LogP contribution in [0.15, 0.2) is 23.6 Å². The van der Waals surface area contributed by atoms with Crippen molar-refractivity contribution < 1.29 is 17.9 Å². The van der Waals surface area contributed by atoms with Gasteiger partial charge in [-0.05, 0) is 18.2 Å². The lowest BCUT2D eigenvalue weighted by Crippen LogP contribution is -2.05. The second-order valence-corrected chi connectivity index (χ2v) is 4.41. The van der Waals surface area contributed by atoms with Crippen LogP contribution in [0.4, 0.5) is 18.3 Å². The van der Waals surface area contributed by atoms with Crippen LogP contribution >= 0.6 is 11.3 Å². The number of nitrogen functional groups attached to an aromatic ring is 1. The Morgan fingerprint density at radius 1 is 1.28 bits per heavy atom. The van der Waals surface area contributed by atoms with Gasteiger partial charge in [-0.15, -0.1) is 11.3 Å². The second-order valence-electron chi connectivity index (χ2n) is 3.52. The summed E-state index contributed by atoms with van der Waals surface area (Å²) in [5.74, 6) is 0.131. The van der Waals surface area contributed by atoms with Gasteiger partial charge in [-0.2, -0.15) is 13.2 Å². The molecule has 7 heteroatoms. The summed E-state index contributed by atoms with van der Waals surface area (Å²) >= 11 is 1.17. The van der Waals surface area contributed by atoms with Gasteiger partial charge in [0.05, 0.1) is 18.4 Å². The molecule has 0 bridgehead atoms. The van der Waals surface area contributed by atoms with E-state index in [-0.39, 0.29) is 5.75 Å². The molecule has 18 heavy (non-hydrogen) atoms.